The van der Waals surface area contributed by atoms with E-state index in [2.05, 4.69) is 19.9 Å². The standard InChI is InChI=1S/C12H10N4/c1-8-6-14-11(7-13-8)12-15-9-4-2-3-5-10(9)16-12/h2-7H,1H3,(H,15,16). The van der Waals surface area contributed by atoms with E-state index in [-0.39, 0.29) is 0 Å². The molecule has 0 saturated heterocycles. The lowest BCUT2D eigenvalue weighted by molar-refractivity contribution is 1.10. The summed E-state index contributed by atoms with van der Waals surface area (Å²) >= 11 is 0. The molecule has 0 spiro atoms. The molecular formula is C12H10N4. The van der Waals surface area contributed by atoms with E-state index in [0.717, 1.165) is 28.2 Å². The van der Waals surface area contributed by atoms with Crippen LogP contribution in [0.3, 0.4) is 0 Å². The van der Waals surface area contributed by atoms with Crippen molar-refractivity contribution in [1.82, 2.24) is 19.9 Å². The van der Waals surface area contributed by atoms with Crippen molar-refractivity contribution in [3.63, 3.8) is 0 Å². The fourth-order valence-electron chi connectivity index (χ4n) is 1.59. The zero-order chi connectivity index (χ0) is 11.0. The van der Waals surface area contributed by atoms with Crippen LogP contribution in [0.5, 0.6) is 0 Å². The molecule has 0 aliphatic heterocycles. The molecule has 0 aliphatic carbocycles. The largest absolute Gasteiger partial charge is 0.337 e. The Labute approximate surface area is 92.4 Å². The molecule has 16 heavy (non-hydrogen) atoms. The fourth-order valence-corrected chi connectivity index (χ4v) is 1.59. The molecular weight excluding hydrogens is 200 g/mol. The smallest absolute Gasteiger partial charge is 0.158 e. The van der Waals surface area contributed by atoms with E-state index in [1.165, 1.54) is 0 Å². The Kier molecular flexibility index (Phi) is 1.93. The molecule has 0 saturated carbocycles. The zero-order valence-corrected chi connectivity index (χ0v) is 8.81. The first-order chi connectivity index (χ1) is 7.83. The minimum Gasteiger partial charge on any atom is -0.337 e. The SMILES string of the molecule is Cc1cnc(-c2nc3ccccc3[nH]2)cn1. The Morgan fingerprint density at radius 1 is 1.06 bits per heavy atom. The maximum Gasteiger partial charge on any atom is 0.158 e. The van der Waals surface area contributed by atoms with E-state index in [9.17, 15) is 0 Å². The van der Waals surface area contributed by atoms with Gasteiger partial charge in [-0.25, -0.2) is 9.97 Å². The first-order valence-electron chi connectivity index (χ1n) is 5.07. The van der Waals surface area contributed by atoms with Crippen molar-refractivity contribution in [2.75, 3.05) is 0 Å². The summed E-state index contributed by atoms with van der Waals surface area (Å²) in [5, 5.41) is 0. The zero-order valence-electron chi connectivity index (χ0n) is 8.81. The first kappa shape index (κ1) is 9.03. The molecule has 4 heteroatoms. The number of H-pyrrole nitrogens is 1. The van der Waals surface area contributed by atoms with Gasteiger partial charge in [0.25, 0.3) is 0 Å². The molecule has 0 atom stereocenters. The lowest BCUT2D eigenvalue weighted by Crippen LogP contribution is -1.89. The van der Waals surface area contributed by atoms with Gasteiger partial charge < -0.3 is 4.98 Å². The van der Waals surface area contributed by atoms with Gasteiger partial charge in [0, 0.05) is 6.20 Å². The van der Waals surface area contributed by atoms with Gasteiger partial charge in [0.2, 0.25) is 0 Å². The highest BCUT2D eigenvalue weighted by Gasteiger charge is 2.05. The highest BCUT2D eigenvalue weighted by molar-refractivity contribution is 5.78. The lowest BCUT2D eigenvalue weighted by atomic mass is 10.3. The molecule has 1 N–H and O–H groups in total. The van der Waals surface area contributed by atoms with Crippen LogP contribution in [0, 0.1) is 6.92 Å². The molecule has 0 fully saturated rings. The molecule has 0 bridgehead atoms. The summed E-state index contributed by atoms with van der Waals surface area (Å²) in [6, 6.07) is 7.91. The lowest BCUT2D eigenvalue weighted by Gasteiger charge is -1.94. The number of nitrogens with one attached hydrogen (secondary N) is 1. The quantitative estimate of drug-likeness (QED) is 0.670. The van der Waals surface area contributed by atoms with E-state index in [0.29, 0.717) is 0 Å². The summed E-state index contributed by atoms with van der Waals surface area (Å²) < 4.78 is 0. The normalized spacial score (nSPS) is 10.8. The third-order valence-corrected chi connectivity index (χ3v) is 2.41. The third-order valence-electron chi connectivity index (χ3n) is 2.41. The minimum atomic E-state index is 0.758. The van der Waals surface area contributed by atoms with E-state index >= 15 is 0 Å². The van der Waals surface area contributed by atoms with Crippen molar-refractivity contribution >= 4 is 11.0 Å². The summed E-state index contributed by atoms with van der Waals surface area (Å²) in [4.78, 5) is 16.2. The number of rotatable bonds is 1. The molecule has 0 radical (unpaired) electrons. The van der Waals surface area contributed by atoms with Crippen LogP contribution in [0.25, 0.3) is 22.6 Å². The van der Waals surface area contributed by atoms with Gasteiger partial charge in [-0.15, -0.1) is 0 Å². The van der Waals surface area contributed by atoms with Crippen molar-refractivity contribution < 1.29 is 0 Å². The predicted octanol–water partition coefficient (Wildman–Crippen LogP) is 2.33. The third kappa shape index (κ3) is 1.44. The van der Waals surface area contributed by atoms with E-state index in [4.69, 9.17) is 0 Å². The Morgan fingerprint density at radius 3 is 2.69 bits per heavy atom. The van der Waals surface area contributed by atoms with Gasteiger partial charge in [0.15, 0.2) is 5.82 Å². The minimum absolute atomic E-state index is 0.758. The van der Waals surface area contributed by atoms with Crippen LogP contribution in [-0.2, 0) is 0 Å². The fraction of sp³-hybridized carbons (Fsp3) is 0.0833. The summed E-state index contributed by atoms with van der Waals surface area (Å²) in [6.07, 6.45) is 3.47. The average molecular weight is 210 g/mol. The molecule has 2 aromatic heterocycles. The second-order valence-electron chi connectivity index (χ2n) is 3.65. The summed E-state index contributed by atoms with van der Waals surface area (Å²) in [5.74, 6) is 0.758. The van der Waals surface area contributed by atoms with E-state index < -0.39 is 0 Å². The molecule has 0 aliphatic rings. The van der Waals surface area contributed by atoms with Gasteiger partial charge in [0.1, 0.15) is 5.69 Å². The molecule has 0 amide bonds. The summed E-state index contributed by atoms with van der Waals surface area (Å²) in [6.45, 7) is 1.91. The van der Waals surface area contributed by atoms with Crippen LogP contribution in [0.4, 0.5) is 0 Å². The number of aromatic nitrogens is 4. The molecule has 3 rings (SSSR count). The van der Waals surface area contributed by atoms with Crippen molar-refractivity contribution in [2.45, 2.75) is 6.92 Å². The van der Waals surface area contributed by atoms with Crippen LogP contribution in [0.1, 0.15) is 5.69 Å². The van der Waals surface area contributed by atoms with Crippen LogP contribution in [0.2, 0.25) is 0 Å². The number of nitrogens with zero attached hydrogens (tertiary/aromatic N) is 3. The number of para-hydroxylation sites is 2. The van der Waals surface area contributed by atoms with Gasteiger partial charge in [-0.05, 0) is 19.1 Å². The number of imidazole rings is 1. The molecule has 1 aromatic carbocycles. The number of fused-ring (bicyclic) bond motifs is 1. The van der Waals surface area contributed by atoms with Gasteiger partial charge in [-0.1, -0.05) is 12.1 Å². The Morgan fingerprint density at radius 2 is 1.94 bits per heavy atom. The number of benzene rings is 1. The highest BCUT2D eigenvalue weighted by Crippen LogP contribution is 2.17. The van der Waals surface area contributed by atoms with Crippen molar-refractivity contribution in [3.8, 4) is 11.5 Å². The molecule has 4 nitrogen and oxygen atoms in total. The van der Waals surface area contributed by atoms with Gasteiger partial charge in [0.05, 0.1) is 22.9 Å². The molecule has 0 unspecified atom stereocenters. The van der Waals surface area contributed by atoms with Crippen molar-refractivity contribution in [3.05, 3.63) is 42.4 Å². The number of hydrogen-bond acceptors (Lipinski definition) is 3. The van der Waals surface area contributed by atoms with Gasteiger partial charge >= 0.3 is 0 Å². The maximum absolute atomic E-state index is 4.45. The first-order valence-corrected chi connectivity index (χ1v) is 5.07. The van der Waals surface area contributed by atoms with E-state index in [1.807, 2.05) is 31.2 Å². The highest BCUT2D eigenvalue weighted by atomic mass is 15.0. The van der Waals surface area contributed by atoms with Crippen LogP contribution >= 0.6 is 0 Å². The Hall–Kier alpha value is -2.23. The van der Waals surface area contributed by atoms with Gasteiger partial charge in [-0.2, -0.15) is 0 Å². The van der Waals surface area contributed by atoms with E-state index in [1.54, 1.807) is 12.4 Å². The summed E-state index contributed by atoms with van der Waals surface area (Å²) in [5.41, 5.74) is 3.63. The summed E-state index contributed by atoms with van der Waals surface area (Å²) in [7, 11) is 0. The number of hydrogen-bond donors (Lipinski definition) is 1. The molecule has 78 valence electrons. The van der Waals surface area contributed by atoms with Crippen molar-refractivity contribution in [1.29, 1.82) is 0 Å². The second kappa shape index (κ2) is 3.41. The molecule has 3 aromatic rings. The Bertz CT molecular complexity index is 592. The van der Waals surface area contributed by atoms with Crippen molar-refractivity contribution in [2.24, 2.45) is 0 Å². The maximum atomic E-state index is 4.45. The Balaban J connectivity index is 2.15. The number of aryl methyl sites for hydroxylation is 1. The topological polar surface area (TPSA) is 54.5 Å². The average Bonchev–Trinajstić information content (AvgIpc) is 2.73. The molecule has 2 heterocycles. The number of aromatic amines is 1. The van der Waals surface area contributed by atoms with Crippen LogP contribution in [0.15, 0.2) is 36.7 Å². The monoisotopic (exact) mass is 210 g/mol. The van der Waals surface area contributed by atoms with Crippen LogP contribution in [-0.4, -0.2) is 19.9 Å². The van der Waals surface area contributed by atoms with Crippen LogP contribution < -0.4 is 0 Å². The predicted molar refractivity (Wildman–Crippen MR) is 61.9 cm³/mol. The second-order valence-corrected chi connectivity index (χ2v) is 3.65. The van der Waals surface area contributed by atoms with Gasteiger partial charge in [-0.3, -0.25) is 4.98 Å².